The highest BCUT2D eigenvalue weighted by Crippen LogP contribution is 2.37. The average molecular weight is 502 g/mol. The van der Waals surface area contributed by atoms with Gasteiger partial charge in [0.2, 0.25) is 5.95 Å². The first kappa shape index (κ1) is 23.0. The van der Waals surface area contributed by atoms with Crippen LogP contribution in [-0.2, 0) is 6.54 Å². The van der Waals surface area contributed by atoms with Crippen molar-refractivity contribution in [2.45, 2.75) is 46.6 Å². The summed E-state index contributed by atoms with van der Waals surface area (Å²) in [6, 6.07) is 6.46. The molecule has 5 heterocycles. The molecule has 1 saturated heterocycles. The minimum Gasteiger partial charge on any atom is -0.491 e. The first-order valence-corrected chi connectivity index (χ1v) is 13.4. The number of nitrogen functional groups attached to an aromatic ring is 1. The molecule has 4 aromatic rings. The van der Waals surface area contributed by atoms with E-state index >= 15 is 0 Å². The summed E-state index contributed by atoms with van der Waals surface area (Å²) in [4.78, 5) is 24.5. The molecule has 2 aliphatic rings. The number of anilines is 3. The zero-order chi connectivity index (χ0) is 25.0. The van der Waals surface area contributed by atoms with E-state index in [0.29, 0.717) is 17.7 Å². The summed E-state index contributed by atoms with van der Waals surface area (Å²) in [5.41, 5.74) is 13.4. The Morgan fingerprint density at radius 3 is 2.58 bits per heavy atom. The Morgan fingerprint density at radius 2 is 1.83 bits per heavy atom. The Kier molecular flexibility index (Phi) is 5.67. The van der Waals surface area contributed by atoms with Gasteiger partial charge in [-0.05, 0) is 55.5 Å². The van der Waals surface area contributed by atoms with Crippen molar-refractivity contribution in [3.63, 3.8) is 0 Å². The SMILES string of the molecule is Cc1cc(-c2cnc3sc(N)nc3c2)cc2c1OCCN(c1nc(N3CCC3)nc(C)c1C(C)C)C2. The van der Waals surface area contributed by atoms with E-state index in [4.69, 9.17) is 20.4 Å². The van der Waals surface area contributed by atoms with Crippen molar-refractivity contribution in [2.75, 3.05) is 41.8 Å². The fourth-order valence-electron chi connectivity index (χ4n) is 5.19. The largest absolute Gasteiger partial charge is 0.491 e. The molecular weight excluding hydrogens is 470 g/mol. The van der Waals surface area contributed by atoms with E-state index in [1.165, 1.54) is 23.3 Å². The van der Waals surface area contributed by atoms with Gasteiger partial charge in [0.15, 0.2) is 5.13 Å². The molecule has 1 fully saturated rings. The lowest BCUT2D eigenvalue weighted by Crippen LogP contribution is -2.39. The molecule has 0 amide bonds. The average Bonchev–Trinajstić information content (AvgIpc) is 3.02. The van der Waals surface area contributed by atoms with Gasteiger partial charge in [0.05, 0.1) is 6.54 Å². The van der Waals surface area contributed by atoms with Crippen LogP contribution in [0.1, 0.15) is 48.6 Å². The molecule has 0 saturated carbocycles. The second kappa shape index (κ2) is 8.89. The lowest BCUT2D eigenvalue weighted by molar-refractivity contribution is 0.329. The lowest BCUT2D eigenvalue weighted by atomic mass is 9.99. The second-order valence-corrected chi connectivity index (χ2v) is 11.0. The van der Waals surface area contributed by atoms with Crippen LogP contribution in [0.25, 0.3) is 21.5 Å². The Hall–Kier alpha value is -3.46. The van der Waals surface area contributed by atoms with E-state index in [-0.39, 0.29) is 0 Å². The Bertz CT molecular complexity index is 1460. The minimum atomic E-state index is 0.325. The van der Waals surface area contributed by atoms with Crippen LogP contribution in [0.5, 0.6) is 5.75 Å². The predicted octanol–water partition coefficient (Wildman–Crippen LogP) is 5.08. The zero-order valence-electron chi connectivity index (χ0n) is 21.2. The Balaban J connectivity index is 1.41. The minimum absolute atomic E-state index is 0.325. The summed E-state index contributed by atoms with van der Waals surface area (Å²) in [5.74, 6) is 3.16. The first-order valence-electron chi connectivity index (χ1n) is 12.5. The highest BCUT2D eigenvalue weighted by molar-refractivity contribution is 7.21. The number of rotatable bonds is 4. The fraction of sp³-hybridized carbons (Fsp3) is 0.407. The van der Waals surface area contributed by atoms with Gasteiger partial charge in [-0.25, -0.2) is 15.0 Å². The molecule has 2 N–H and O–H groups in total. The molecule has 0 unspecified atom stereocenters. The zero-order valence-corrected chi connectivity index (χ0v) is 22.0. The number of fused-ring (bicyclic) bond motifs is 2. The van der Waals surface area contributed by atoms with Crippen LogP contribution >= 0.6 is 11.3 Å². The molecule has 0 radical (unpaired) electrons. The van der Waals surface area contributed by atoms with Gasteiger partial charge in [-0.2, -0.15) is 4.98 Å². The summed E-state index contributed by atoms with van der Waals surface area (Å²) >= 11 is 1.41. The number of hydrogen-bond acceptors (Lipinski definition) is 9. The monoisotopic (exact) mass is 501 g/mol. The highest BCUT2D eigenvalue weighted by atomic mass is 32.1. The smallest absolute Gasteiger partial charge is 0.227 e. The normalized spacial score (nSPS) is 15.6. The highest BCUT2D eigenvalue weighted by Gasteiger charge is 2.27. The van der Waals surface area contributed by atoms with Gasteiger partial charge in [-0.15, -0.1) is 0 Å². The van der Waals surface area contributed by atoms with E-state index < -0.39 is 0 Å². The van der Waals surface area contributed by atoms with E-state index in [1.54, 1.807) is 0 Å². The standard InChI is InChI=1S/C27H31N7OS/c1-15(2)22-17(4)30-27(33-6-5-7-33)32-24(22)34-8-9-35-23-16(3)10-18(11-20(23)14-34)19-12-21-25(29-13-19)36-26(28)31-21/h10-13,15H,5-9,14H2,1-4H3,(H2,28,31). The number of aryl methyl sites for hydroxylation is 2. The summed E-state index contributed by atoms with van der Waals surface area (Å²) in [7, 11) is 0. The maximum Gasteiger partial charge on any atom is 0.227 e. The van der Waals surface area contributed by atoms with E-state index in [0.717, 1.165) is 82.0 Å². The van der Waals surface area contributed by atoms with E-state index in [1.807, 2.05) is 6.20 Å². The number of hydrogen-bond donors (Lipinski definition) is 1. The number of aromatic nitrogens is 4. The van der Waals surface area contributed by atoms with Gasteiger partial charge in [0.25, 0.3) is 0 Å². The van der Waals surface area contributed by atoms with Crippen molar-refractivity contribution in [3.05, 3.63) is 46.8 Å². The maximum atomic E-state index is 6.30. The van der Waals surface area contributed by atoms with Crippen molar-refractivity contribution in [1.82, 2.24) is 19.9 Å². The third-order valence-corrected chi connectivity index (χ3v) is 7.85. The number of ether oxygens (including phenoxy) is 1. The topological polar surface area (TPSA) is 93.3 Å². The van der Waals surface area contributed by atoms with Crippen LogP contribution in [0.15, 0.2) is 24.4 Å². The van der Waals surface area contributed by atoms with Gasteiger partial charge in [-0.3, -0.25) is 0 Å². The van der Waals surface area contributed by atoms with Gasteiger partial charge in [-0.1, -0.05) is 25.2 Å². The molecule has 6 rings (SSSR count). The van der Waals surface area contributed by atoms with Crippen molar-refractivity contribution < 1.29 is 4.74 Å². The second-order valence-electron chi connectivity index (χ2n) is 9.99. The Labute approximate surface area is 215 Å². The summed E-state index contributed by atoms with van der Waals surface area (Å²) in [5, 5.41) is 0.537. The van der Waals surface area contributed by atoms with Crippen LogP contribution in [0, 0.1) is 13.8 Å². The number of nitrogens with two attached hydrogens (primary N) is 1. The summed E-state index contributed by atoms with van der Waals surface area (Å²) in [6.07, 6.45) is 3.10. The molecule has 9 heteroatoms. The number of pyridine rings is 1. The summed E-state index contributed by atoms with van der Waals surface area (Å²) in [6.45, 7) is 12.8. The van der Waals surface area contributed by atoms with Gasteiger partial charge >= 0.3 is 0 Å². The number of benzene rings is 1. The quantitative estimate of drug-likeness (QED) is 0.414. The van der Waals surface area contributed by atoms with Gasteiger partial charge in [0.1, 0.15) is 28.5 Å². The molecule has 0 bridgehead atoms. The molecule has 0 aliphatic carbocycles. The molecule has 3 aromatic heterocycles. The van der Waals surface area contributed by atoms with E-state index in [2.05, 4.69) is 65.7 Å². The molecule has 186 valence electrons. The number of thiazole rings is 1. The van der Waals surface area contributed by atoms with Crippen molar-refractivity contribution in [3.8, 4) is 16.9 Å². The third kappa shape index (κ3) is 4.01. The predicted molar refractivity (Wildman–Crippen MR) is 146 cm³/mol. The molecule has 2 aliphatic heterocycles. The molecule has 8 nitrogen and oxygen atoms in total. The Morgan fingerprint density at radius 1 is 1.00 bits per heavy atom. The molecule has 0 spiro atoms. The van der Waals surface area contributed by atoms with Gasteiger partial charge < -0.3 is 20.3 Å². The third-order valence-electron chi connectivity index (χ3n) is 7.04. The fourth-order valence-corrected chi connectivity index (χ4v) is 5.84. The molecule has 0 atom stereocenters. The van der Waals surface area contributed by atoms with Gasteiger partial charge in [0, 0.05) is 48.2 Å². The molecule has 36 heavy (non-hydrogen) atoms. The van der Waals surface area contributed by atoms with Crippen molar-refractivity contribution in [1.29, 1.82) is 0 Å². The number of nitrogens with zero attached hydrogens (tertiary/aromatic N) is 6. The lowest BCUT2D eigenvalue weighted by Gasteiger charge is -2.33. The molecular formula is C27H31N7OS. The van der Waals surface area contributed by atoms with Crippen molar-refractivity contribution in [2.24, 2.45) is 0 Å². The van der Waals surface area contributed by atoms with E-state index in [9.17, 15) is 0 Å². The van der Waals surface area contributed by atoms with Crippen LogP contribution in [-0.4, -0.2) is 46.2 Å². The molecule has 1 aromatic carbocycles. The first-order chi connectivity index (χ1) is 17.4. The summed E-state index contributed by atoms with van der Waals surface area (Å²) < 4.78 is 6.30. The van der Waals surface area contributed by atoms with Crippen LogP contribution < -0.4 is 20.3 Å². The van der Waals surface area contributed by atoms with Crippen molar-refractivity contribution >= 4 is 38.6 Å². The van der Waals surface area contributed by atoms with Crippen LogP contribution in [0.2, 0.25) is 0 Å². The van der Waals surface area contributed by atoms with Crippen LogP contribution in [0.4, 0.5) is 16.9 Å². The van der Waals surface area contributed by atoms with Crippen LogP contribution in [0.3, 0.4) is 0 Å². The maximum absolute atomic E-state index is 6.30.